The van der Waals surface area contributed by atoms with E-state index in [1.54, 1.807) is 0 Å². The van der Waals surface area contributed by atoms with Gasteiger partial charge < -0.3 is 10.2 Å². The highest BCUT2D eigenvalue weighted by molar-refractivity contribution is 5.04. The largest absolute Gasteiger partial charge is 0.314 e. The van der Waals surface area contributed by atoms with E-state index >= 15 is 0 Å². The molecule has 4 nitrogen and oxygen atoms in total. The summed E-state index contributed by atoms with van der Waals surface area (Å²) in [5.41, 5.74) is 2.37. The molecule has 0 amide bonds. The maximum Gasteiger partial charge on any atom is 0.0416 e. The molecule has 35 heavy (non-hydrogen) atoms. The molecule has 0 saturated heterocycles. The van der Waals surface area contributed by atoms with Gasteiger partial charge in [-0.2, -0.15) is 0 Å². The summed E-state index contributed by atoms with van der Waals surface area (Å²) in [6.07, 6.45) is 10.8. The molecule has 2 heterocycles. The second kappa shape index (κ2) is 21.5. The molecule has 2 aromatic heterocycles. The average molecular weight is 487 g/mol. The van der Waals surface area contributed by atoms with Gasteiger partial charge in [-0.05, 0) is 68.8 Å². The highest BCUT2D eigenvalue weighted by Gasteiger charge is 2.14. The van der Waals surface area contributed by atoms with Crippen molar-refractivity contribution in [2.24, 2.45) is 11.8 Å². The highest BCUT2D eigenvalue weighted by Crippen LogP contribution is 2.13. The fourth-order valence-corrected chi connectivity index (χ4v) is 4.14. The summed E-state index contributed by atoms with van der Waals surface area (Å²) in [4.78, 5) is 11.2. The van der Waals surface area contributed by atoms with Crippen LogP contribution in [-0.4, -0.2) is 47.1 Å². The lowest BCUT2D eigenvalue weighted by atomic mass is 10.0. The fraction of sp³-hybridized carbons (Fsp3) is 0.677. The first-order valence-electron chi connectivity index (χ1n) is 14.1. The van der Waals surface area contributed by atoms with E-state index in [4.69, 9.17) is 0 Å². The first-order valence-corrected chi connectivity index (χ1v) is 14.1. The molecule has 1 N–H and O–H groups in total. The Balaban J connectivity index is 0. The lowest BCUT2D eigenvalue weighted by Gasteiger charge is -2.28. The van der Waals surface area contributed by atoms with Crippen molar-refractivity contribution < 1.29 is 1.43 Å². The van der Waals surface area contributed by atoms with Gasteiger partial charge in [-0.1, -0.05) is 67.5 Å². The molecule has 0 aliphatic heterocycles. The van der Waals surface area contributed by atoms with Gasteiger partial charge in [-0.3, -0.25) is 9.97 Å². The molecule has 2 rings (SSSR count). The SMILES string of the molecule is CC.CCC(CC(C)C)N(C)CCc1ccccn1.CCC(CC(C)C)NCCc1ccccn1.[HH]. The summed E-state index contributed by atoms with van der Waals surface area (Å²) >= 11 is 0. The second-order valence-corrected chi connectivity index (χ2v) is 10.0. The molecule has 0 saturated carbocycles. The topological polar surface area (TPSA) is 41.1 Å². The van der Waals surface area contributed by atoms with Gasteiger partial charge in [0.05, 0.1) is 0 Å². The first-order chi connectivity index (χ1) is 16.8. The van der Waals surface area contributed by atoms with Crippen molar-refractivity contribution in [2.75, 3.05) is 20.1 Å². The van der Waals surface area contributed by atoms with Crippen LogP contribution < -0.4 is 5.32 Å². The molecule has 4 heteroatoms. The van der Waals surface area contributed by atoms with Crippen LogP contribution in [0.25, 0.3) is 0 Å². The van der Waals surface area contributed by atoms with E-state index < -0.39 is 0 Å². The Kier molecular flexibility index (Phi) is 20.4. The molecule has 2 aromatic rings. The Labute approximate surface area is 219 Å². The van der Waals surface area contributed by atoms with Crippen LogP contribution in [0.5, 0.6) is 0 Å². The molecule has 202 valence electrons. The van der Waals surface area contributed by atoms with Gasteiger partial charge in [-0.15, -0.1) is 0 Å². The second-order valence-electron chi connectivity index (χ2n) is 10.0. The van der Waals surface area contributed by atoms with E-state index in [-0.39, 0.29) is 1.43 Å². The lowest BCUT2D eigenvalue weighted by Crippen LogP contribution is -2.34. The smallest absolute Gasteiger partial charge is 0.0416 e. The standard InChI is InChI=1S/C15H26N2.C14H24N2.C2H6.H2/c1-5-15(12-13(2)3)17(4)11-9-14-8-6-7-10-16-14;1-4-13(11-12(2)3)16-10-8-14-7-5-6-9-15-14;1-2;/h6-8,10,13,15H,5,9,11-12H2,1-4H3;5-7,9,12-13,16H,4,8,10-11H2,1-3H3;1-2H3;1H. The quantitative estimate of drug-likeness (QED) is 0.297. The number of nitrogens with one attached hydrogen (secondary N) is 1. The van der Waals surface area contributed by atoms with E-state index in [9.17, 15) is 0 Å². The lowest BCUT2D eigenvalue weighted by molar-refractivity contribution is 0.209. The Morgan fingerprint density at radius 3 is 1.77 bits per heavy atom. The third kappa shape index (κ3) is 17.3. The maximum absolute atomic E-state index is 4.37. The molecule has 2 atom stereocenters. The first kappa shape index (κ1) is 33.2. The minimum absolute atomic E-state index is 0. The highest BCUT2D eigenvalue weighted by atomic mass is 15.1. The zero-order chi connectivity index (χ0) is 26.5. The number of nitrogens with zero attached hydrogens (tertiary/aromatic N) is 3. The van der Waals surface area contributed by atoms with Gasteiger partial charge in [0.25, 0.3) is 0 Å². The predicted octanol–water partition coefficient (Wildman–Crippen LogP) is 7.69. The van der Waals surface area contributed by atoms with E-state index in [0.717, 1.165) is 37.8 Å². The number of hydrogen-bond acceptors (Lipinski definition) is 4. The summed E-state index contributed by atoms with van der Waals surface area (Å²) in [6, 6.07) is 13.6. The molecule has 2 unspecified atom stereocenters. The third-order valence-corrected chi connectivity index (χ3v) is 6.07. The van der Waals surface area contributed by atoms with Crippen LogP contribution in [0.2, 0.25) is 0 Å². The normalized spacial score (nSPS) is 12.6. The van der Waals surface area contributed by atoms with Gasteiger partial charge in [0.2, 0.25) is 0 Å². The number of aromatic nitrogens is 2. The molecule has 0 spiro atoms. The molecular weight excluding hydrogens is 428 g/mol. The number of hydrogen-bond donors (Lipinski definition) is 1. The van der Waals surface area contributed by atoms with Crippen LogP contribution in [-0.2, 0) is 12.8 Å². The summed E-state index contributed by atoms with van der Waals surface area (Å²) in [6.45, 7) is 19.8. The van der Waals surface area contributed by atoms with Crippen LogP contribution >= 0.6 is 0 Å². The zero-order valence-electron chi connectivity index (χ0n) is 24.4. The molecule has 0 aromatic carbocycles. The van der Waals surface area contributed by atoms with Gasteiger partial charge in [0.15, 0.2) is 0 Å². The molecule has 0 bridgehead atoms. The van der Waals surface area contributed by atoms with Crippen LogP contribution in [0.1, 0.15) is 93.9 Å². The summed E-state index contributed by atoms with van der Waals surface area (Å²) in [7, 11) is 2.24. The Morgan fingerprint density at radius 1 is 0.800 bits per heavy atom. The van der Waals surface area contributed by atoms with Crippen molar-refractivity contribution >= 4 is 0 Å². The average Bonchev–Trinajstić information content (AvgIpc) is 2.87. The molecule has 0 fully saturated rings. The zero-order valence-corrected chi connectivity index (χ0v) is 24.4. The van der Waals surface area contributed by atoms with E-state index in [1.807, 2.05) is 44.4 Å². The predicted molar refractivity (Wildman–Crippen MR) is 157 cm³/mol. The van der Waals surface area contributed by atoms with Crippen molar-refractivity contribution in [3.63, 3.8) is 0 Å². The monoisotopic (exact) mass is 486 g/mol. The van der Waals surface area contributed by atoms with E-state index in [0.29, 0.717) is 12.1 Å². The summed E-state index contributed by atoms with van der Waals surface area (Å²) < 4.78 is 0. The van der Waals surface area contributed by atoms with Gasteiger partial charge in [0, 0.05) is 63.2 Å². The van der Waals surface area contributed by atoms with Crippen LogP contribution in [0.3, 0.4) is 0 Å². The Bertz CT molecular complexity index is 694. The molecule has 0 aliphatic rings. The van der Waals surface area contributed by atoms with Crippen LogP contribution in [0.4, 0.5) is 0 Å². The molecule has 0 radical (unpaired) electrons. The molecular formula is C31H58N4. The van der Waals surface area contributed by atoms with Crippen molar-refractivity contribution in [3.05, 3.63) is 60.2 Å². The van der Waals surface area contributed by atoms with Crippen LogP contribution in [0, 0.1) is 11.8 Å². The third-order valence-electron chi connectivity index (χ3n) is 6.07. The number of likely N-dealkylation sites (N-methyl/N-ethyl adjacent to an activating group) is 1. The number of rotatable bonds is 14. The Hall–Kier alpha value is -1.78. The minimum atomic E-state index is 0. The van der Waals surface area contributed by atoms with E-state index in [2.05, 4.69) is 87.0 Å². The Morgan fingerprint density at radius 2 is 1.34 bits per heavy atom. The van der Waals surface area contributed by atoms with Crippen molar-refractivity contribution in [1.29, 1.82) is 0 Å². The van der Waals surface area contributed by atoms with Crippen LogP contribution in [0.15, 0.2) is 48.8 Å². The summed E-state index contributed by atoms with van der Waals surface area (Å²) in [5.74, 6) is 1.55. The van der Waals surface area contributed by atoms with Crippen molar-refractivity contribution in [1.82, 2.24) is 20.2 Å². The van der Waals surface area contributed by atoms with Crippen molar-refractivity contribution in [2.45, 2.75) is 106 Å². The maximum atomic E-state index is 4.37. The van der Waals surface area contributed by atoms with E-state index in [1.165, 1.54) is 37.1 Å². The van der Waals surface area contributed by atoms with Gasteiger partial charge in [0.1, 0.15) is 0 Å². The van der Waals surface area contributed by atoms with Crippen molar-refractivity contribution in [3.8, 4) is 0 Å². The van der Waals surface area contributed by atoms with Gasteiger partial charge >= 0.3 is 0 Å². The van der Waals surface area contributed by atoms with Gasteiger partial charge in [-0.25, -0.2) is 0 Å². The molecule has 0 aliphatic carbocycles. The number of pyridine rings is 2. The fourth-order valence-electron chi connectivity index (χ4n) is 4.14. The minimum Gasteiger partial charge on any atom is -0.314 e. The summed E-state index contributed by atoms with van der Waals surface area (Å²) in [5, 5.41) is 3.61.